The monoisotopic (exact) mass is 326 g/mol. The molecule has 0 spiro atoms. The predicted molar refractivity (Wildman–Crippen MR) is 76.5 cm³/mol. The van der Waals surface area contributed by atoms with Gasteiger partial charge in [-0.25, -0.2) is 0 Å². The average molecular weight is 326 g/mol. The summed E-state index contributed by atoms with van der Waals surface area (Å²) in [7, 11) is 0. The van der Waals surface area contributed by atoms with Gasteiger partial charge in [0.2, 0.25) is 0 Å². The number of halogens is 3. The van der Waals surface area contributed by atoms with E-state index in [0.29, 0.717) is 24.5 Å². The van der Waals surface area contributed by atoms with Crippen molar-refractivity contribution in [3.63, 3.8) is 0 Å². The molecule has 0 amide bonds. The third kappa shape index (κ3) is 3.40. The fraction of sp³-hybridized carbons (Fsp3) is 0.438. The zero-order chi connectivity index (χ0) is 16.6. The van der Waals surface area contributed by atoms with Crippen LogP contribution in [0.25, 0.3) is 0 Å². The lowest BCUT2D eigenvalue weighted by Crippen LogP contribution is -2.25. The van der Waals surface area contributed by atoms with Gasteiger partial charge in [0.1, 0.15) is 0 Å². The number of aliphatic hydroxyl groups excluding tert-OH is 1. The van der Waals surface area contributed by atoms with Gasteiger partial charge in [0.25, 0.3) is 0 Å². The van der Waals surface area contributed by atoms with Crippen LogP contribution in [0.2, 0.25) is 0 Å². The third-order valence-corrected chi connectivity index (χ3v) is 4.04. The zero-order valence-corrected chi connectivity index (χ0v) is 12.5. The van der Waals surface area contributed by atoms with Crippen molar-refractivity contribution >= 4 is 0 Å². The molecule has 124 valence electrons. The van der Waals surface area contributed by atoms with Crippen LogP contribution in [0.3, 0.4) is 0 Å². The fourth-order valence-corrected chi connectivity index (χ4v) is 3.11. The van der Waals surface area contributed by atoms with Gasteiger partial charge in [-0.2, -0.15) is 13.2 Å². The fourth-order valence-electron chi connectivity index (χ4n) is 3.11. The van der Waals surface area contributed by atoms with E-state index in [9.17, 15) is 18.3 Å². The Hall–Kier alpha value is -1.86. The molecule has 1 saturated heterocycles. The van der Waals surface area contributed by atoms with Crippen molar-refractivity contribution in [1.82, 2.24) is 10.1 Å². The quantitative estimate of drug-likeness (QED) is 0.940. The minimum atomic E-state index is -4.42. The Bertz CT molecular complexity index is 684. The summed E-state index contributed by atoms with van der Waals surface area (Å²) in [6, 6.07) is 6.76. The third-order valence-electron chi connectivity index (χ3n) is 4.04. The summed E-state index contributed by atoms with van der Waals surface area (Å²) in [5.74, 6) is 0.575. The van der Waals surface area contributed by atoms with Crippen LogP contribution in [0.4, 0.5) is 13.2 Å². The molecule has 1 aromatic heterocycles. The molecule has 0 bridgehead atoms. The summed E-state index contributed by atoms with van der Waals surface area (Å²) in [5.41, 5.74) is 0.248. The van der Waals surface area contributed by atoms with Crippen molar-refractivity contribution in [1.29, 1.82) is 0 Å². The van der Waals surface area contributed by atoms with Gasteiger partial charge in [-0.3, -0.25) is 4.90 Å². The zero-order valence-electron chi connectivity index (χ0n) is 12.5. The molecule has 0 radical (unpaired) electrons. The van der Waals surface area contributed by atoms with Crippen LogP contribution < -0.4 is 0 Å². The van der Waals surface area contributed by atoms with Crippen LogP contribution in [0, 0.1) is 6.92 Å². The number of hydrogen-bond acceptors (Lipinski definition) is 4. The lowest BCUT2D eigenvalue weighted by atomic mass is 9.97. The molecule has 0 unspecified atom stereocenters. The first-order chi connectivity index (χ1) is 10.8. The first kappa shape index (κ1) is 16.0. The van der Waals surface area contributed by atoms with Gasteiger partial charge in [0, 0.05) is 18.7 Å². The summed E-state index contributed by atoms with van der Waals surface area (Å²) in [5, 5.41) is 13.7. The topological polar surface area (TPSA) is 49.5 Å². The SMILES string of the molecule is Cc1cc(CN2C[C@@H](O)C[C@H]2c2ccccc2C(F)(F)F)on1. The summed E-state index contributed by atoms with van der Waals surface area (Å²) in [6.45, 7) is 2.40. The summed E-state index contributed by atoms with van der Waals surface area (Å²) < 4.78 is 44.9. The largest absolute Gasteiger partial charge is 0.416 e. The normalized spacial score (nSPS) is 22.7. The molecule has 4 nitrogen and oxygen atoms in total. The smallest absolute Gasteiger partial charge is 0.392 e. The van der Waals surface area contributed by atoms with Gasteiger partial charge in [0.15, 0.2) is 5.76 Å². The Kier molecular flexibility index (Phi) is 4.16. The number of alkyl halides is 3. The average Bonchev–Trinajstić information content (AvgIpc) is 3.04. The number of β-amino-alcohol motifs (C(OH)–C–C–N with tert-alkyl or cyclic N) is 1. The second kappa shape index (κ2) is 5.98. The maximum Gasteiger partial charge on any atom is 0.416 e. The molecule has 2 aromatic rings. The van der Waals surface area contributed by atoms with Gasteiger partial charge in [0.05, 0.1) is 23.9 Å². The van der Waals surface area contributed by atoms with E-state index in [4.69, 9.17) is 4.52 Å². The van der Waals surface area contributed by atoms with Crippen LogP contribution in [0.5, 0.6) is 0 Å². The van der Waals surface area contributed by atoms with Crippen LogP contribution >= 0.6 is 0 Å². The number of benzene rings is 1. The van der Waals surface area contributed by atoms with E-state index in [-0.39, 0.29) is 12.0 Å². The summed E-state index contributed by atoms with van der Waals surface area (Å²) in [4.78, 5) is 1.80. The molecule has 23 heavy (non-hydrogen) atoms. The number of aryl methyl sites for hydroxylation is 1. The number of rotatable bonds is 3. The second-order valence-corrected chi connectivity index (χ2v) is 5.85. The highest BCUT2D eigenvalue weighted by molar-refractivity contribution is 5.33. The highest BCUT2D eigenvalue weighted by atomic mass is 19.4. The molecular formula is C16H17F3N2O2. The molecule has 7 heteroatoms. The first-order valence-electron chi connectivity index (χ1n) is 7.35. The highest BCUT2D eigenvalue weighted by Gasteiger charge is 2.39. The van der Waals surface area contributed by atoms with Crippen LogP contribution in [-0.2, 0) is 12.7 Å². The maximum atomic E-state index is 13.2. The molecule has 0 saturated carbocycles. The van der Waals surface area contributed by atoms with Crippen LogP contribution in [0.15, 0.2) is 34.9 Å². The highest BCUT2D eigenvalue weighted by Crippen LogP contribution is 2.40. The Morgan fingerprint density at radius 2 is 2.09 bits per heavy atom. The number of aromatic nitrogens is 1. The van der Waals surface area contributed by atoms with Gasteiger partial charge >= 0.3 is 6.18 Å². The minimum Gasteiger partial charge on any atom is -0.392 e. The molecule has 1 N–H and O–H groups in total. The molecule has 1 aromatic carbocycles. The lowest BCUT2D eigenvalue weighted by Gasteiger charge is -2.25. The first-order valence-corrected chi connectivity index (χ1v) is 7.35. The van der Waals surface area contributed by atoms with E-state index in [1.165, 1.54) is 12.1 Å². The molecule has 3 rings (SSSR count). The predicted octanol–water partition coefficient (Wildman–Crippen LogP) is 3.31. The van der Waals surface area contributed by atoms with Gasteiger partial charge < -0.3 is 9.63 Å². The van der Waals surface area contributed by atoms with E-state index >= 15 is 0 Å². The van der Waals surface area contributed by atoms with Gasteiger partial charge in [-0.1, -0.05) is 23.4 Å². The van der Waals surface area contributed by atoms with Crippen molar-refractivity contribution < 1.29 is 22.8 Å². The molecule has 0 aliphatic carbocycles. The lowest BCUT2D eigenvalue weighted by molar-refractivity contribution is -0.138. The van der Waals surface area contributed by atoms with E-state index < -0.39 is 23.9 Å². The van der Waals surface area contributed by atoms with Crippen molar-refractivity contribution in [2.24, 2.45) is 0 Å². The molecular weight excluding hydrogens is 309 g/mol. The molecule has 1 aliphatic heterocycles. The Morgan fingerprint density at radius 1 is 1.35 bits per heavy atom. The Labute approximate surface area is 131 Å². The van der Waals surface area contributed by atoms with Crippen LogP contribution in [0.1, 0.15) is 35.0 Å². The Balaban J connectivity index is 1.91. The number of hydrogen-bond donors (Lipinski definition) is 1. The summed E-state index contributed by atoms with van der Waals surface area (Å²) in [6.07, 6.45) is -4.82. The van der Waals surface area contributed by atoms with E-state index in [1.807, 2.05) is 0 Å². The molecule has 1 fully saturated rings. The van der Waals surface area contributed by atoms with E-state index in [0.717, 1.165) is 6.07 Å². The summed E-state index contributed by atoms with van der Waals surface area (Å²) >= 11 is 0. The molecule has 2 heterocycles. The number of aliphatic hydroxyl groups is 1. The van der Waals surface area contributed by atoms with Crippen molar-refractivity contribution in [2.45, 2.75) is 38.2 Å². The van der Waals surface area contributed by atoms with Crippen LogP contribution in [-0.4, -0.2) is 27.8 Å². The minimum absolute atomic E-state index is 0.188. The van der Waals surface area contributed by atoms with Crippen molar-refractivity contribution in [3.05, 3.63) is 52.9 Å². The second-order valence-electron chi connectivity index (χ2n) is 5.85. The van der Waals surface area contributed by atoms with Gasteiger partial charge in [-0.05, 0) is 25.0 Å². The number of nitrogens with zero attached hydrogens (tertiary/aromatic N) is 2. The van der Waals surface area contributed by atoms with Crippen molar-refractivity contribution in [3.8, 4) is 0 Å². The maximum absolute atomic E-state index is 13.2. The molecule has 2 atom stereocenters. The number of likely N-dealkylation sites (tertiary alicyclic amines) is 1. The van der Waals surface area contributed by atoms with E-state index in [1.54, 1.807) is 24.0 Å². The molecule has 1 aliphatic rings. The van der Waals surface area contributed by atoms with Gasteiger partial charge in [-0.15, -0.1) is 0 Å². The van der Waals surface area contributed by atoms with Crippen molar-refractivity contribution in [2.75, 3.05) is 6.54 Å². The standard InChI is InChI=1S/C16H17F3N2O2/c1-10-6-12(23-20-10)9-21-8-11(22)7-15(21)13-4-2-3-5-14(13)16(17,18)19/h2-6,11,15,22H,7-9H2,1H3/t11-,15-/m0/s1. The Morgan fingerprint density at radius 3 is 2.74 bits per heavy atom. The van der Waals surface area contributed by atoms with E-state index in [2.05, 4.69) is 5.16 Å².